The summed E-state index contributed by atoms with van der Waals surface area (Å²) in [5.74, 6) is -2.22. The van der Waals surface area contributed by atoms with Gasteiger partial charge in [-0.2, -0.15) is 0 Å². The Morgan fingerprint density at radius 1 is 1.13 bits per heavy atom. The van der Waals surface area contributed by atoms with Gasteiger partial charge in [0.25, 0.3) is 17.0 Å². The van der Waals surface area contributed by atoms with Gasteiger partial charge in [-0.15, -0.1) is 22.0 Å². The molecule has 3 aromatic rings. The zero-order valence-corrected chi connectivity index (χ0v) is 28.7. The molecule has 0 saturated carbocycles. The van der Waals surface area contributed by atoms with E-state index in [-0.39, 0.29) is 52.7 Å². The number of nitrogens with zero attached hydrogens (tertiary/aromatic N) is 4. The molecule has 0 radical (unpaired) electrons. The van der Waals surface area contributed by atoms with Crippen molar-refractivity contribution in [3.63, 3.8) is 0 Å². The van der Waals surface area contributed by atoms with Gasteiger partial charge < -0.3 is 25.0 Å². The number of aromatic nitrogens is 2. The van der Waals surface area contributed by atoms with Crippen LogP contribution < -0.4 is 45.3 Å². The van der Waals surface area contributed by atoms with Crippen molar-refractivity contribution in [3.05, 3.63) is 89.0 Å². The Morgan fingerprint density at radius 3 is 2.54 bits per heavy atom. The van der Waals surface area contributed by atoms with Crippen molar-refractivity contribution in [2.75, 3.05) is 23.9 Å². The third-order valence-electron chi connectivity index (χ3n) is 6.90. The van der Waals surface area contributed by atoms with Gasteiger partial charge >= 0.3 is 35.6 Å². The van der Waals surface area contributed by atoms with Crippen LogP contribution in [0.2, 0.25) is 0 Å². The molecule has 1 fully saturated rings. The molecule has 0 bridgehead atoms. The van der Waals surface area contributed by atoms with E-state index in [1.54, 1.807) is 37.3 Å². The Hall–Kier alpha value is -3.89. The Balaban J connectivity index is 0.00000480. The number of hydrogen-bond donors (Lipinski definition) is 2. The molecule has 0 spiro atoms. The molecule has 3 heterocycles. The number of anilines is 1. The number of benzene rings is 2. The number of nitrogens with one attached hydrogen (secondary N) is 2. The Morgan fingerprint density at radius 2 is 1.85 bits per heavy atom. The van der Waals surface area contributed by atoms with Gasteiger partial charge in [0.15, 0.2) is 0 Å². The fourth-order valence-corrected chi connectivity index (χ4v) is 6.89. The molecule has 1 aromatic heterocycles. The first-order valence-electron chi connectivity index (χ1n) is 13.6. The zero-order valence-electron chi connectivity index (χ0n) is 25.1. The summed E-state index contributed by atoms with van der Waals surface area (Å²) in [6.07, 6.45) is 2.70. The number of carboxylic acid groups (broad SMARTS) is 1. The first-order valence-corrected chi connectivity index (χ1v) is 15.7. The van der Waals surface area contributed by atoms with Gasteiger partial charge in [-0.3, -0.25) is 24.2 Å². The van der Waals surface area contributed by atoms with Crippen LogP contribution in [-0.2, 0) is 25.6 Å². The quantitative estimate of drug-likeness (QED) is 0.115. The van der Waals surface area contributed by atoms with E-state index >= 15 is 0 Å². The molecule has 5 rings (SSSR count). The summed E-state index contributed by atoms with van der Waals surface area (Å²) in [6.45, 7) is 1.64. The number of urea groups is 1. The van der Waals surface area contributed by atoms with Crippen molar-refractivity contribution < 1.29 is 63.1 Å². The predicted molar refractivity (Wildman–Crippen MR) is 164 cm³/mol. The van der Waals surface area contributed by atoms with Crippen LogP contribution in [0, 0.1) is 6.92 Å². The van der Waals surface area contributed by atoms with Crippen LogP contribution in [0.4, 0.5) is 10.5 Å². The van der Waals surface area contributed by atoms with Gasteiger partial charge in [-0.05, 0) is 28.8 Å². The van der Waals surface area contributed by atoms with Gasteiger partial charge in [-0.25, -0.2) is 4.79 Å². The fraction of sp³-hybridized carbons (Fsp3) is 0.233. The van der Waals surface area contributed by atoms with Crippen LogP contribution in [0.5, 0.6) is 0 Å². The van der Waals surface area contributed by atoms with Crippen LogP contribution >= 0.6 is 23.5 Å². The minimum Gasteiger partial charge on any atom is -0.543 e. The second kappa shape index (κ2) is 15.6. The molecule has 2 aliphatic rings. The number of fused-ring (bicyclic) bond motifs is 1. The Labute approximate surface area is 294 Å². The Kier molecular flexibility index (Phi) is 11.9. The number of β-lactam (4-membered cyclic amide) rings is 1. The number of hydrogen-bond acceptors (Lipinski definition) is 11. The predicted octanol–water partition coefficient (Wildman–Crippen LogP) is -1.18. The topological polar surface area (TPSA) is 178 Å². The molecule has 232 valence electrons. The normalized spacial score (nSPS) is 17.1. The molecule has 2 N–H and O–H groups in total. The van der Waals surface area contributed by atoms with E-state index in [2.05, 4.69) is 20.8 Å². The van der Waals surface area contributed by atoms with Gasteiger partial charge in [0, 0.05) is 37.2 Å². The number of aliphatic carboxylic acids is 1. The molecule has 13 nitrogen and oxygen atoms in total. The monoisotopic (exact) mass is 670 g/mol. The van der Waals surface area contributed by atoms with E-state index in [0.717, 1.165) is 27.1 Å². The van der Waals surface area contributed by atoms with Crippen molar-refractivity contribution in [1.82, 2.24) is 25.3 Å². The summed E-state index contributed by atoms with van der Waals surface area (Å²) >= 11 is 2.48. The maximum atomic E-state index is 13.0. The molecule has 16 heteroatoms. The summed E-state index contributed by atoms with van der Waals surface area (Å²) in [7, 11) is 1.34. The largest absolute Gasteiger partial charge is 1.00 e. The second-order valence-corrected chi connectivity index (χ2v) is 12.0. The van der Waals surface area contributed by atoms with Crippen LogP contribution in [0.15, 0.2) is 81.6 Å². The summed E-state index contributed by atoms with van der Waals surface area (Å²) in [6, 6.07) is 14.1. The molecular formula is C30H27N6NaO7S2. The van der Waals surface area contributed by atoms with Crippen molar-refractivity contribution in [2.45, 2.75) is 30.0 Å². The average molecular weight is 671 g/mol. The number of likely N-dealkylation sites (N-methyl/N-ethyl adjacent to an activating group) is 1. The molecule has 2 aromatic carbocycles. The van der Waals surface area contributed by atoms with E-state index in [4.69, 9.17) is 4.42 Å². The molecule has 1 unspecified atom stereocenters. The first kappa shape index (κ1) is 35.0. The maximum Gasteiger partial charge on any atom is 1.00 e. The Bertz CT molecular complexity index is 1710. The molecule has 2 aliphatic heterocycles. The van der Waals surface area contributed by atoms with E-state index in [1.807, 2.05) is 30.3 Å². The summed E-state index contributed by atoms with van der Waals surface area (Å²) in [5, 5.41) is 24.6. The number of amides is 5. The minimum atomic E-state index is -1.49. The van der Waals surface area contributed by atoms with Crippen LogP contribution in [-0.4, -0.2) is 79.7 Å². The number of carbonyl (C=O) groups excluding carboxylic acids is 5. The average Bonchev–Trinajstić information content (AvgIpc) is 3.46. The third-order valence-corrected chi connectivity index (χ3v) is 9.14. The van der Waals surface area contributed by atoms with Gasteiger partial charge in [0.05, 0.1) is 18.1 Å². The first-order chi connectivity index (χ1) is 21.6. The van der Waals surface area contributed by atoms with E-state index < -0.39 is 41.1 Å². The van der Waals surface area contributed by atoms with Crippen molar-refractivity contribution >= 4 is 65.0 Å². The zero-order chi connectivity index (χ0) is 32.1. The standard InChI is InChI=1S/C30H28N6O7S2.Na/c1-17-33-34-30(43-17)45-16-20-15-44-27-24(26(39)36(27)25(20)28(40)41)32-22(37)14-19-10-6-7-11-21(19)31-29(42)35(2)23(38)13-12-18-8-4-3-5-9-18;/h3-13,24,27H,14-16H2,1-2H3,(H,31,42)(H,32,37)(H,40,41);/q;+1/p-1/b13-12+;/t24?,27-;/m1./s1. The van der Waals surface area contributed by atoms with E-state index in [9.17, 15) is 29.1 Å². The molecule has 2 atom stereocenters. The summed E-state index contributed by atoms with van der Waals surface area (Å²) < 4.78 is 5.32. The molecule has 46 heavy (non-hydrogen) atoms. The molecule has 1 saturated heterocycles. The smallest absolute Gasteiger partial charge is 0.543 e. The maximum absolute atomic E-state index is 13.0. The number of carbonyl (C=O) groups is 5. The molecule has 0 aliphatic carbocycles. The summed E-state index contributed by atoms with van der Waals surface area (Å²) in [4.78, 5) is 65.5. The van der Waals surface area contributed by atoms with Crippen LogP contribution in [0.25, 0.3) is 6.08 Å². The van der Waals surface area contributed by atoms with Crippen molar-refractivity contribution in [1.29, 1.82) is 0 Å². The number of carboxylic acids is 1. The van der Waals surface area contributed by atoms with Gasteiger partial charge in [0.2, 0.25) is 11.8 Å². The number of aryl methyl sites for hydroxylation is 1. The number of para-hydroxylation sites is 1. The van der Waals surface area contributed by atoms with Crippen LogP contribution in [0.3, 0.4) is 0 Å². The third kappa shape index (κ3) is 8.09. The van der Waals surface area contributed by atoms with Gasteiger partial charge in [-0.1, -0.05) is 60.3 Å². The minimum absolute atomic E-state index is 0. The van der Waals surface area contributed by atoms with Crippen LogP contribution in [0.1, 0.15) is 17.0 Å². The van der Waals surface area contributed by atoms with Gasteiger partial charge in [0.1, 0.15) is 11.4 Å². The number of imide groups is 1. The number of rotatable bonds is 10. The fourth-order valence-electron chi connectivity index (χ4n) is 4.60. The van der Waals surface area contributed by atoms with Crippen molar-refractivity contribution in [2.24, 2.45) is 0 Å². The molecular weight excluding hydrogens is 643 g/mol. The SMILES string of the molecule is Cc1nnc(SCC2=C(C(=O)[O-])N3C(=O)C(NC(=O)Cc4ccccc4NC(=O)N(C)C(=O)/C=C/c4ccccc4)[C@H]3SC2)o1.[Na+]. The van der Waals surface area contributed by atoms with E-state index in [1.165, 1.54) is 24.9 Å². The second-order valence-electron chi connectivity index (χ2n) is 9.98. The summed E-state index contributed by atoms with van der Waals surface area (Å²) in [5.41, 5.74) is 1.83. The van der Waals surface area contributed by atoms with Crippen molar-refractivity contribution in [3.8, 4) is 0 Å². The number of thioether (sulfide) groups is 2. The molecule has 5 amide bonds. The van der Waals surface area contributed by atoms with E-state index in [0.29, 0.717) is 28.5 Å².